The molecule has 0 radical (unpaired) electrons. The lowest BCUT2D eigenvalue weighted by atomic mass is 10.3. The van der Waals surface area contributed by atoms with E-state index in [0.717, 1.165) is 17.2 Å². The molecule has 0 aliphatic rings. The van der Waals surface area contributed by atoms with Gasteiger partial charge in [-0.05, 0) is 37.0 Å². The Hall–Kier alpha value is 0.400. The van der Waals surface area contributed by atoms with Gasteiger partial charge in [0.05, 0.1) is 0 Å². The Morgan fingerprint density at radius 2 is 2.18 bits per heavy atom. The number of rotatable bonds is 6. The van der Waals surface area contributed by atoms with Crippen LogP contribution in [0, 0.1) is 0 Å². The molecular formula is C8H17NS2. The summed E-state index contributed by atoms with van der Waals surface area (Å²) in [6, 6.07) is 0.318. The molecule has 3 heteroatoms. The van der Waals surface area contributed by atoms with E-state index in [1.165, 1.54) is 12.8 Å². The Bertz CT molecular complexity index is 115. The molecule has 0 aromatic rings. The second-order valence-electron chi connectivity index (χ2n) is 2.60. The lowest BCUT2D eigenvalue weighted by molar-refractivity contribution is 0.599. The van der Waals surface area contributed by atoms with E-state index < -0.39 is 0 Å². The van der Waals surface area contributed by atoms with Crippen molar-refractivity contribution in [3.05, 3.63) is 11.5 Å². The molecule has 0 aromatic heterocycles. The van der Waals surface area contributed by atoms with Crippen molar-refractivity contribution < 1.29 is 0 Å². The maximum Gasteiger partial charge on any atom is 0.0342 e. The highest BCUT2D eigenvalue weighted by Crippen LogP contribution is 2.02. The van der Waals surface area contributed by atoms with Crippen LogP contribution in [0.1, 0.15) is 19.8 Å². The van der Waals surface area contributed by atoms with Crippen LogP contribution in [0.3, 0.4) is 0 Å². The van der Waals surface area contributed by atoms with Crippen LogP contribution in [-0.2, 0) is 0 Å². The zero-order valence-corrected chi connectivity index (χ0v) is 8.80. The van der Waals surface area contributed by atoms with E-state index in [-0.39, 0.29) is 0 Å². The van der Waals surface area contributed by atoms with E-state index in [0.29, 0.717) is 6.04 Å². The summed E-state index contributed by atoms with van der Waals surface area (Å²) in [5.41, 5.74) is 0. The zero-order chi connectivity index (χ0) is 8.69. The lowest BCUT2D eigenvalue weighted by Gasteiger charge is -2.11. The van der Waals surface area contributed by atoms with Crippen LogP contribution in [-0.4, -0.2) is 18.3 Å². The normalized spacial score (nSPS) is 13.0. The third-order valence-electron chi connectivity index (χ3n) is 1.54. The summed E-state index contributed by atoms with van der Waals surface area (Å²) in [4.78, 5) is 0.899. The van der Waals surface area contributed by atoms with E-state index in [1.807, 2.05) is 0 Å². The summed E-state index contributed by atoms with van der Waals surface area (Å²) in [7, 11) is 0. The standard InChI is InChI=1S/C8H17NS2/c1-7(8(2)11)9-5-3-4-6-10/h7,9-11H,2-6H2,1H3. The topological polar surface area (TPSA) is 12.0 Å². The summed E-state index contributed by atoms with van der Waals surface area (Å²) in [5, 5.41) is 3.31. The van der Waals surface area contributed by atoms with Crippen molar-refractivity contribution in [2.45, 2.75) is 25.8 Å². The number of hydrogen-bond donors (Lipinski definition) is 3. The molecule has 1 nitrogen and oxygen atoms in total. The second kappa shape index (κ2) is 7.07. The maximum absolute atomic E-state index is 4.15. The minimum absolute atomic E-state index is 0.318. The molecule has 1 atom stereocenters. The van der Waals surface area contributed by atoms with Crippen LogP contribution < -0.4 is 5.32 Å². The molecule has 0 bridgehead atoms. The van der Waals surface area contributed by atoms with Crippen LogP contribution >= 0.6 is 25.3 Å². The van der Waals surface area contributed by atoms with E-state index >= 15 is 0 Å². The Morgan fingerprint density at radius 3 is 2.64 bits per heavy atom. The van der Waals surface area contributed by atoms with Crippen molar-refractivity contribution in [1.82, 2.24) is 5.32 Å². The fraction of sp³-hybridized carbons (Fsp3) is 0.750. The van der Waals surface area contributed by atoms with Crippen molar-refractivity contribution >= 4 is 25.3 Å². The first-order chi connectivity index (χ1) is 5.18. The fourth-order valence-corrected chi connectivity index (χ4v) is 0.988. The smallest absolute Gasteiger partial charge is 0.0342 e. The summed E-state index contributed by atoms with van der Waals surface area (Å²) in [6.45, 7) is 6.84. The van der Waals surface area contributed by atoms with Crippen LogP contribution in [0.15, 0.2) is 11.5 Å². The molecule has 0 spiro atoms. The van der Waals surface area contributed by atoms with Gasteiger partial charge in [-0.3, -0.25) is 0 Å². The number of thiol groups is 2. The highest BCUT2D eigenvalue weighted by atomic mass is 32.1. The van der Waals surface area contributed by atoms with Crippen LogP contribution in [0.2, 0.25) is 0 Å². The molecule has 1 unspecified atom stereocenters. The molecule has 1 N–H and O–H groups in total. The molecule has 0 aromatic carbocycles. The highest BCUT2D eigenvalue weighted by Gasteiger charge is 1.99. The molecule has 0 fully saturated rings. The second-order valence-corrected chi connectivity index (χ2v) is 3.62. The van der Waals surface area contributed by atoms with Gasteiger partial charge in [-0.1, -0.05) is 6.58 Å². The van der Waals surface area contributed by atoms with Gasteiger partial charge in [-0.15, -0.1) is 12.6 Å². The van der Waals surface area contributed by atoms with Crippen LogP contribution in [0.25, 0.3) is 0 Å². The summed E-state index contributed by atoms with van der Waals surface area (Å²) >= 11 is 8.27. The lowest BCUT2D eigenvalue weighted by Crippen LogP contribution is -2.26. The molecule has 0 saturated heterocycles. The molecular weight excluding hydrogens is 174 g/mol. The van der Waals surface area contributed by atoms with Gasteiger partial charge < -0.3 is 5.32 Å². The molecule has 0 aliphatic carbocycles. The molecule has 66 valence electrons. The Kier molecular flexibility index (Phi) is 7.33. The Labute approximate surface area is 80.5 Å². The summed E-state index contributed by atoms with van der Waals surface area (Å²) < 4.78 is 0. The van der Waals surface area contributed by atoms with Crippen LogP contribution in [0.4, 0.5) is 0 Å². The van der Waals surface area contributed by atoms with Crippen LogP contribution in [0.5, 0.6) is 0 Å². The van der Waals surface area contributed by atoms with Crippen molar-refractivity contribution in [2.24, 2.45) is 0 Å². The monoisotopic (exact) mass is 191 g/mol. The quantitative estimate of drug-likeness (QED) is 0.431. The van der Waals surface area contributed by atoms with Crippen molar-refractivity contribution in [3.63, 3.8) is 0 Å². The van der Waals surface area contributed by atoms with Crippen molar-refractivity contribution in [1.29, 1.82) is 0 Å². The van der Waals surface area contributed by atoms with Gasteiger partial charge >= 0.3 is 0 Å². The number of hydrogen-bond acceptors (Lipinski definition) is 3. The summed E-state index contributed by atoms with van der Waals surface area (Å²) in [5.74, 6) is 0.970. The minimum atomic E-state index is 0.318. The van der Waals surface area contributed by atoms with Crippen molar-refractivity contribution in [3.8, 4) is 0 Å². The maximum atomic E-state index is 4.15. The minimum Gasteiger partial charge on any atom is -0.310 e. The van der Waals surface area contributed by atoms with Gasteiger partial charge in [-0.2, -0.15) is 12.6 Å². The molecule has 0 rings (SSSR count). The average molecular weight is 191 g/mol. The van der Waals surface area contributed by atoms with E-state index in [9.17, 15) is 0 Å². The third-order valence-corrected chi connectivity index (χ3v) is 2.24. The van der Waals surface area contributed by atoms with Gasteiger partial charge in [0.25, 0.3) is 0 Å². The van der Waals surface area contributed by atoms with E-state index in [1.54, 1.807) is 0 Å². The molecule has 0 heterocycles. The van der Waals surface area contributed by atoms with E-state index in [2.05, 4.69) is 44.1 Å². The molecule has 11 heavy (non-hydrogen) atoms. The van der Waals surface area contributed by atoms with E-state index in [4.69, 9.17) is 0 Å². The first kappa shape index (κ1) is 11.4. The fourth-order valence-electron chi connectivity index (χ4n) is 0.673. The average Bonchev–Trinajstić information content (AvgIpc) is 1.97. The van der Waals surface area contributed by atoms with Crippen molar-refractivity contribution in [2.75, 3.05) is 12.3 Å². The largest absolute Gasteiger partial charge is 0.310 e. The Morgan fingerprint density at radius 1 is 1.55 bits per heavy atom. The van der Waals surface area contributed by atoms with Gasteiger partial charge in [-0.25, -0.2) is 0 Å². The predicted molar refractivity (Wildman–Crippen MR) is 58.7 cm³/mol. The first-order valence-electron chi connectivity index (χ1n) is 3.90. The number of unbranched alkanes of at least 4 members (excludes halogenated alkanes) is 1. The highest BCUT2D eigenvalue weighted by molar-refractivity contribution is 7.84. The Balaban J connectivity index is 3.17. The predicted octanol–water partition coefficient (Wildman–Crippen LogP) is 2.12. The van der Waals surface area contributed by atoms with Gasteiger partial charge in [0, 0.05) is 6.04 Å². The molecule has 0 amide bonds. The molecule has 0 saturated carbocycles. The number of nitrogens with one attached hydrogen (secondary N) is 1. The first-order valence-corrected chi connectivity index (χ1v) is 4.98. The SMILES string of the molecule is C=C(S)C(C)NCCCCS. The van der Waals surface area contributed by atoms with Gasteiger partial charge in [0.1, 0.15) is 0 Å². The molecule has 0 aliphatic heterocycles. The zero-order valence-electron chi connectivity index (χ0n) is 7.01. The van der Waals surface area contributed by atoms with Gasteiger partial charge in [0.15, 0.2) is 0 Å². The summed E-state index contributed by atoms with van der Waals surface area (Å²) in [6.07, 6.45) is 2.34. The van der Waals surface area contributed by atoms with Gasteiger partial charge in [0.2, 0.25) is 0 Å². The third kappa shape index (κ3) is 6.78.